The first-order valence-corrected chi connectivity index (χ1v) is 8.66. The Morgan fingerprint density at radius 2 is 2.00 bits per heavy atom. The number of aryl methyl sites for hydroxylation is 1. The molecule has 0 radical (unpaired) electrons. The zero-order valence-corrected chi connectivity index (χ0v) is 13.7. The molecule has 1 aromatic heterocycles. The molecule has 2 heterocycles. The average molecular weight is 335 g/mol. The number of benzene rings is 1. The Bertz CT molecular complexity index is 669. The van der Waals surface area contributed by atoms with Gasteiger partial charge in [0.05, 0.1) is 0 Å². The second-order valence-electron chi connectivity index (χ2n) is 5.45. The van der Waals surface area contributed by atoms with Crippen LogP contribution >= 0.6 is 11.8 Å². The van der Waals surface area contributed by atoms with E-state index in [1.54, 1.807) is 23.7 Å². The van der Waals surface area contributed by atoms with Crippen LogP contribution in [0.2, 0.25) is 0 Å². The van der Waals surface area contributed by atoms with Crippen molar-refractivity contribution < 1.29 is 9.18 Å². The first kappa shape index (κ1) is 15.9. The van der Waals surface area contributed by atoms with E-state index in [1.807, 2.05) is 16.7 Å². The number of hydrogen-bond acceptors (Lipinski definition) is 5. The van der Waals surface area contributed by atoms with Crippen molar-refractivity contribution in [3.8, 4) is 0 Å². The molecule has 1 aliphatic heterocycles. The minimum absolute atomic E-state index is 0.0185. The van der Waals surface area contributed by atoms with E-state index in [0.29, 0.717) is 12.2 Å². The van der Waals surface area contributed by atoms with Gasteiger partial charge in [-0.05, 0) is 35.0 Å². The molecule has 0 bridgehead atoms. The molecular formula is C15H18FN5OS. The number of aromatic nitrogens is 4. The van der Waals surface area contributed by atoms with Crippen LogP contribution in [-0.4, -0.2) is 55.6 Å². The predicted octanol–water partition coefficient (Wildman–Crippen LogP) is 1.48. The van der Waals surface area contributed by atoms with Crippen molar-refractivity contribution in [2.75, 3.05) is 24.6 Å². The number of amides is 1. The number of nitrogens with zero attached hydrogens (tertiary/aromatic N) is 5. The van der Waals surface area contributed by atoms with Gasteiger partial charge in [-0.15, -0.1) is 5.10 Å². The van der Waals surface area contributed by atoms with Crippen molar-refractivity contribution in [3.63, 3.8) is 0 Å². The number of carbonyl (C=O) groups excluding carboxylic acids is 1. The number of tetrazole rings is 1. The molecule has 1 aliphatic rings. The van der Waals surface area contributed by atoms with Gasteiger partial charge in [-0.25, -0.2) is 9.07 Å². The van der Waals surface area contributed by atoms with Gasteiger partial charge in [-0.3, -0.25) is 4.79 Å². The van der Waals surface area contributed by atoms with E-state index in [2.05, 4.69) is 15.5 Å². The van der Waals surface area contributed by atoms with Crippen LogP contribution in [0.5, 0.6) is 0 Å². The Hall–Kier alpha value is -1.96. The summed E-state index contributed by atoms with van der Waals surface area (Å²) >= 11 is 1.85. The van der Waals surface area contributed by atoms with E-state index >= 15 is 0 Å². The molecule has 0 spiro atoms. The summed E-state index contributed by atoms with van der Waals surface area (Å²) in [6, 6.07) is 5.70. The van der Waals surface area contributed by atoms with E-state index < -0.39 is 6.04 Å². The van der Waals surface area contributed by atoms with Crippen molar-refractivity contribution >= 4 is 17.7 Å². The third kappa shape index (κ3) is 3.69. The molecule has 1 saturated heterocycles. The van der Waals surface area contributed by atoms with Gasteiger partial charge in [0.15, 0.2) is 0 Å². The van der Waals surface area contributed by atoms with Crippen LogP contribution in [0.25, 0.3) is 0 Å². The van der Waals surface area contributed by atoms with Crippen molar-refractivity contribution in [2.45, 2.75) is 19.4 Å². The summed E-state index contributed by atoms with van der Waals surface area (Å²) in [6.45, 7) is 3.26. The minimum Gasteiger partial charge on any atom is -0.339 e. The normalized spacial score (nSPS) is 16.3. The molecule has 0 saturated carbocycles. The quantitative estimate of drug-likeness (QED) is 0.847. The van der Waals surface area contributed by atoms with Gasteiger partial charge in [0.1, 0.15) is 17.7 Å². The maximum Gasteiger partial charge on any atom is 0.247 e. The largest absolute Gasteiger partial charge is 0.339 e. The molecule has 122 valence electrons. The van der Waals surface area contributed by atoms with Gasteiger partial charge in [0, 0.05) is 31.0 Å². The Kier molecular flexibility index (Phi) is 4.90. The topological polar surface area (TPSA) is 63.9 Å². The number of carbonyl (C=O) groups is 1. The van der Waals surface area contributed by atoms with Crippen molar-refractivity contribution in [1.82, 2.24) is 25.1 Å². The lowest BCUT2D eigenvalue weighted by atomic mass is 10.0. The third-order valence-corrected chi connectivity index (χ3v) is 4.85. The van der Waals surface area contributed by atoms with Gasteiger partial charge in [-0.1, -0.05) is 12.1 Å². The molecule has 1 aromatic carbocycles. The fraction of sp³-hybridized carbons (Fsp3) is 0.467. The zero-order chi connectivity index (χ0) is 16.2. The van der Waals surface area contributed by atoms with Crippen molar-refractivity contribution in [3.05, 3.63) is 41.5 Å². The van der Waals surface area contributed by atoms with Crippen LogP contribution in [0.15, 0.2) is 24.3 Å². The molecule has 1 fully saturated rings. The molecule has 3 rings (SSSR count). The Labute approximate surface area is 138 Å². The highest BCUT2D eigenvalue weighted by Gasteiger charge is 2.29. The first-order valence-electron chi connectivity index (χ1n) is 7.50. The molecular weight excluding hydrogens is 317 g/mol. The molecule has 8 heteroatoms. The summed E-state index contributed by atoms with van der Waals surface area (Å²) in [5.41, 5.74) is 0.881. The van der Waals surface area contributed by atoms with Crippen LogP contribution in [0.1, 0.15) is 17.4 Å². The van der Waals surface area contributed by atoms with Gasteiger partial charge < -0.3 is 4.90 Å². The second-order valence-corrected chi connectivity index (χ2v) is 6.68. The maximum absolute atomic E-state index is 13.1. The molecule has 6 nitrogen and oxygen atoms in total. The van der Waals surface area contributed by atoms with Crippen molar-refractivity contribution in [1.29, 1.82) is 0 Å². The van der Waals surface area contributed by atoms with Crippen LogP contribution in [0, 0.1) is 12.7 Å². The fourth-order valence-electron chi connectivity index (χ4n) is 2.64. The number of thioether (sulfide) groups is 1. The molecule has 1 atom stereocenters. The highest BCUT2D eigenvalue weighted by atomic mass is 32.2. The average Bonchev–Trinajstić information content (AvgIpc) is 3.00. The van der Waals surface area contributed by atoms with Crippen LogP contribution in [0.4, 0.5) is 4.39 Å². The van der Waals surface area contributed by atoms with E-state index in [1.165, 1.54) is 12.1 Å². The smallest absolute Gasteiger partial charge is 0.247 e. The molecule has 1 amide bonds. The van der Waals surface area contributed by atoms with Gasteiger partial charge in [0.2, 0.25) is 5.91 Å². The standard InChI is InChI=1S/C15H18FN5OS/c1-11-17-18-19-21(11)14(10-12-2-4-13(16)5-3-12)15(22)20-6-8-23-9-7-20/h2-5,14H,6-10H2,1H3/t14-/m0/s1. The maximum atomic E-state index is 13.1. The SMILES string of the molecule is Cc1nnnn1[C@@H](Cc1ccc(F)cc1)C(=O)N1CCSCC1. The first-order chi connectivity index (χ1) is 11.1. The highest BCUT2D eigenvalue weighted by molar-refractivity contribution is 7.99. The lowest BCUT2D eigenvalue weighted by Gasteiger charge is -2.30. The van der Waals surface area contributed by atoms with Crippen LogP contribution < -0.4 is 0 Å². The van der Waals surface area contributed by atoms with Crippen LogP contribution in [-0.2, 0) is 11.2 Å². The molecule has 2 aromatic rings. The number of halogens is 1. The molecule has 0 aliphatic carbocycles. The Balaban J connectivity index is 1.85. The Morgan fingerprint density at radius 3 is 2.61 bits per heavy atom. The second kappa shape index (κ2) is 7.08. The molecule has 23 heavy (non-hydrogen) atoms. The van der Waals surface area contributed by atoms with E-state index in [-0.39, 0.29) is 11.7 Å². The third-order valence-electron chi connectivity index (χ3n) is 3.90. The Morgan fingerprint density at radius 1 is 1.30 bits per heavy atom. The summed E-state index contributed by atoms with van der Waals surface area (Å²) in [5, 5.41) is 11.5. The summed E-state index contributed by atoms with van der Waals surface area (Å²) in [7, 11) is 0. The fourth-order valence-corrected chi connectivity index (χ4v) is 3.55. The highest BCUT2D eigenvalue weighted by Crippen LogP contribution is 2.20. The van der Waals surface area contributed by atoms with Gasteiger partial charge >= 0.3 is 0 Å². The summed E-state index contributed by atoms with van der Waals surface area (Å²) in [6.07, 6.45) is 0.439. The monoisotopic (exact) mass is 335 g/mol. The van der Waals surface area contributed by atoms with E-state index in [0.717, 1.165) is 30.2 Å². The molecule has 0 N–H and O–H groups in total. The minimum atomic E-state index is -0.501. The van der Waals surface area contributed by atoms with Gasteiger partial charge in [-0.2, -0.15) is 11.8 Å². The van der Waals surface area contributed by atoms with Crippen molar-refractivity contribution in [2.24, 2.45) is 0 Å². The number of rotatable bonds is 4. The van der Waals surface area contributed by atoms with Crippen LogP contribution in [0.3, 0.4) is 0 Å². The van der Waals surface area contributed by atoms with Gasteiger partial charge in [0.25, 0.3) is 0 Å². The number of hydrogen-bond donors (Lipinski definition) is 0. The summed E-state index contributed by atoms with van der Waals surface area (Å²) in [5.74, 6) is 2.22. The van der Waals surface area contributed by atoms with E-state index in [9.17, 15) is 9.18 Å². The molecule has 0 unspecified atom stereocenters. The lowest BCUT2D eigenvalue weighted by Crippen LogP contribution is -2.43. The zero-order valence-electron chi connectivity index (χ0n) is 12.9. The predicted molar refractivity (Wildman–Crippen MR) is 85.6 cm³/mol. The lowest BCUT2D eigenvalue weighted by molar-refractivity contribution is -0.134. The summed E-state index contributed by atoms with van der Waals surface area (Å²) in [4.78, 5) is 14.8. The summed E-state index contributed by atoms with van der Waals surface area (Å²) < 4.78 is 14.7. The van der Waals surface area contributed by atoms with E-state index in [4.69, 9.17) is 0 Å².